The lowest BCUT2D eigenvalue weighted by atomic mass is 10.1. The molecule has 1 aromatic heterocycles. The van der Waals surface area contributed by atoms with E-state index in [2.05, 4.69) is 20.4 Å². The topological polar surface area (TPSA) is 97.4 Å². The van der Waals surface area contributed by atoms with Crippen LogP contribution in [0.1, 0.15) is 38.0 Å². The minimum Gasteiger partial charge on any atom is -0.465 e. The van der Waals surface area contributed by atoms with Crippen LogP contribution in [0.25, 0.3) is 0 Å². The van der Waals surface area contributed by atoms with Gasteiger partial charge in [-0.15, -0.1) is 0 Å². The smallest absolute Gasteiger partial charge is 0.337 e. The molecule has 0 saturated carbocycles. The van der Waals surface area contributed by atoms with Gasteiger partial charge in [0.05, 0.1) is 12.7 Å². The summed E-state index contributed by atoms with van der Waals surface area (Å²) in [7, 11) is 1.31. The van der Waals surface area contributed by atoms with Gasteiger partial charge in [0.25, 0.3) is 5.91 Å². The number of nitrogens with zero attached hydrogens (tertiary/aromatic N) is 1. The molecule has 146 valence electrons. The zero-order chi connectivity index (χ0) is 20.8. The Morgan fingerprint density at radius 2 is 1.62 bits per heavy atom. The number of pyridine rings is 1. The third-order valence-corrected chi connectivity index (χ3v) is 4.13. The molecule has 0 aliphatic heterocycles. The average Bonchev–Trinajstić information content (AvgIpc) is 2.74. The van der Waals surface area contributed by atoms with Crippen molar-refractivity contribution < 1.29 is 19.1 Å². The minimum atomic E-state index is -0.443. The molecule has 0 bridgehead atoms. The molecule has 1 amide bonds. The maximum atomic E-state index is 12.5. The number of hydrogen-bond donors (Lipinski definition) is 2. The molecular formula is C22H19N3O4. The summed E-state index contributed by atoms with van der Waals surface area (Å²) in [6.45, 7) is 1.50. The number of anilines is 3. The van der Waals surface area contributed by atoms with Gasteiger partial charge in [0.2, 0.25) is 0 Å². The van der Waals surface area contributed by atoms with Gasteiger partial charge in [0.1, 0.15) is 5.82 Å². The molecule has 0 spiro atoms. The molecule has 0 atom stereocenters. The minimum absolute atomic E-state index is 0.0343. The summed E-state index contributed by atoms with van der Waals surface area (Å²) in [5, 5.41) is 5.86. The summed E-state index contributed by atoms with van der Waals surface area (Å²) in [4.78, 5) is 39.7. The summed E-state index contributed by atoms with van der Waals surface area (Å²) in [6.07, 6.45) is 1.52. The summed E-state index contributed by atoms with van der Waals surface area (Å²) >= 11 is 0. The number of ketones is 1. The van der Waals surface area contributed by atoms with Gasteiger partial charge in [0, 0.05) is 28.7 Å². The van der Waals surface area contributed by atoms with Gasteiger partial charge in [-0.25, -0.2) is 9.78 Å². The molecule has 2 aromatic carbocycles. The molecule has 1 heterocycles. The number of carbonyl (C=O) groups excluding carboxylic acids is 3. The number of carbonyl (C=O) groups is 3. The van der Waals surface area contributed by atoms with Crippen LogP contribution in [0.3, 0.4) is 0 Å². The highest BCUT2D eigenvalue weighted by atomic mass is 16.5. The maximum Gasteiger partial charge on any atom is 0.337 e. The second-order valence-electron chi connectivity index (χ2n) is 6.21. The van der Waals surface area contributed by atoms with Crippen LogP contribution in [-0.4, -0.2) is 29.8 Å². The highest BCUT2D eigenvalue weighted by molar-refractivity contribution is 6.05. The lowest BCUT2D eigenvalue weighted by Crippen LogP contribution is -2.12. The van der Waals surface area contributed by atoms with E-state index in [1.54, 1.807) is 54.6 Å². The second kappa shape index (κ2) is 8.79. The van der Waals surface area contributed by atoms with Gasteiger partial charge in [-0.3, -0.25) is 9.59 Å². The number of aromatic nitrogens is 1. The number of amides is 1. The standard InChI is InChI=1S/C22H19N3O4/c1-14(26)16-4-3-5-19(12-16)24-20-13-17(10-11-23-20)21(27)25-18-8-6-15(7-9-18)22(28)29-2/h3-13H,1-2H3,(H,23,24)(H,25,27). The Morgan fingerprint density at radius 1 is 0.862 bits per heavy atom. The van der Waals surface area contributed by atoms with Gasteiger partial charge >= 0.3 is 5.97 Å². The van der Waals surface area contributed by atoms with E-state index in [-0.39, 0.29) is 11.7 Å². The quantitative estimate of drug-likeness (QED) is 0.487. The number of benzene rings is 2. The molecule has 3 rings (SSSR count). The zero-order valence-corrected chi connectivity index (χ0v) is 15.9. The SMILES string of the molecule is COC(=O)c1ccc(NC(=O)c2ccnc(Nc3cccc(C(C)=O)c3)c2)cc1. The van der Waals surface area contributed by atoms with Gasteiger partial charge in [-0.05, 0) is 55.5 Å². The fourth-order valence-corrected chi connectivity index (χ4v) is 2.61. The number of methoxy groups -OCH3 is 1. The van der Waals surface area contributed by atoms with Crippen LogP contribution in [0.15, 0.2) is 66.9 Å². The van der Waals surface area contributed by atoms with Crippen molar-refractivity contribution in [1.82, 2.24) is 4.98 Å². The first-order chi connectivity index (χ1) is 14.0. The van der Waals surface area contributed by atoms with E-state index in [1.165, 1.54) is 20.2 Å². The number of hydrogen-bond acceptors (Lipinski definition) is 6. The molecule has 0 saturated heterocycles. The van der Waals surface area contributed by atoms with E-state index in [4.69, 9.17) is 0 Å². The number of Topliss-reactive ketones (excluding diaryl/α,β-unsaturated/α-hetero) is 1. The van der Waals surface area contributed by atoms with Crippen LogP contribution in [0.4, 0.5) is 17.2 Å². The average molecular weight is 389 g/mol. The summed E-state index contributed by atoms with van der Waals surface area (Å²) in [5.74, 6) is -0.326. The van der Waals surface area contributed by atoms with Gasteiger partial charge in [-0.1, -0.05) is 12.1 Å². The van der Waals surface area contributed by atoms with E-state index in [9.17, 15) is 14.4 Å². The molecule has 3 aromatic rings. The van der Waals surface area contributed by atoms with Crippen LogP contribution < -0.4 is 10.6 Å². The van der Waals surface area contributed by atoms with Crippen molar-refractivity contribution in [3.05, 3.63) is 83.6 Å². The molecule has 2 N–H and O–H groups in total. The van der Waals surface area contributed by atoms with Crippen molar-refractivity contribution in [3.63, 3.8) is 0 Å². The predicted molar refractivity (Wildman–Crippen MR) is 110 cm³/mol. The molecule has 7 heteroatoms. The Kier molecular flexibility index (Phi) is 5.99. The molecular weight excluding hydrogens is 370 g/mol. The first-order valence-corrected chi connectivity index (χ1v) is 8.80. The number of nitrogens with one attached hydrogen (secondary N) is 2. The van der Waals surface area contributed by atoms with E-state index in [0.717, 1.165) is 0 Å². The molecule has 0 radical (unpaired) electrons. The molecule has 0 fully saturated rings. The Bertz CT molecular complexity index is 1060. The Hall–Kier alpha value is -4.00. The van der Waals surface area contributed by atoms with Crippen molar-refractivity contribution in [3.8, 4) is 0 Å². The fraction of sp³-hybridized carbons (Fsp3) is 0.0909. The highest BCUT2D eigenvalue weighted by Crippen LogP contribution is 2.18. The van der Waals surface area contributed by atoms with Crippen LogP contribution >= 0.6 is 0 Å². The number of esters is 1. The van der Waals surface area contributed by atoms with Gasteiger partial charge < -0.3 is 15.4 Å². The molecule has 29 heavy (non-hydrogen) atoms. The van der Waals surface area contributed by atoms with Crippen LogP contribution in [0.2, 0.25) is 0 Å². The summed E-state index contributed by atoms with van der Waals surface area (Å²) in [5.41, 5.74) is 2.62. The predicted octanol–water partition coefficient (Wildman–Crippen LogP) is 4.07. The van der Waals surface area contributed by atoms with Crippen molar-refractivity contribution in [2.24, 2.45) is 0 Å². The summed E-state index contributed by atoms with van der Waals surface area (Å²) in [6, 6.07) is 16.6. The molecule has 0 aliphatic rings. The lowest BCUT2D eigenvalue weighted by molar-refractivity contribution is 0.0600. The third kappa shape index (κ3) is 5.04. The number of ether oxygens (including phenoxy) is 1. The second-order valence-corrected chi connectivity index (χ2v) is 6.21. The van der Waals surface area contributed by atoms with E-state index >= 15 is 0 Å². The molecule has 7 nitrogen and oxygen atoms in total. The van der Waals surface area contributed by atoms with Crippen LogP contribution in [0.5, 0.6) is 0 Å². The normalized spacial score (nSPS) is 10.1. The Balaban J connectivity index is 1.71. The van der Waals surface area contributed by atoms with Gasteiger partial charge in [-0.2, -0.15) is 0 Å². The number of rotatable bonds is 6. The highest BCUT2D eigenvalue weighted by Gasteiger charge is 2.10. The van der Waals surface area contributed by atoms with Crippen molar-refractivity contribution in [2.45, 2.75) is 6.92 Å². The van der Waals surface area contributed by atoms with Crippen LogP contribution in [-0.2, 0) is 4.74 Å². The monoisotopic (exact) mass is 389 g/mol. The molecule has 0 unspecified atom stereocenters. The maximum absolute atomic E-state index is 12.5. The summed E-state index contributed by atoms with van der Waals surface area (Å²) < 4.78 is 4.65. The first-order valence-electron chi connectivity index (χ1n) is 8.80. The van der Waals surface area contributed by atoms with E-state index in [0.29, 0.717) is 33.9 Å². The Morgan fingerprint density at radius 3 is 2.31 bits per heavy atom. The molecule has 0 aliphatic carbocycles. The fourth-order valence-electron chi connectivity index (χ4n) is 2.61. The van der Waals surface area contributed by atoms with Gasteiger partial charge in [0.15, 0.2) is 5.78 Å². The van der Waals surface area contributed by atoms with Crippen molar-refractivity contribution >= 4 is 34.9 Å². The first kappa shape index (κ1) is 19.8. The van der Waals surface area contributed by atoms with Crippen molar-refractivity contribution in [2.75, 3.05) is 17.7 Å². The zero-order valence-electron chi connectivity index (χ0n) is 15.9. The third-order valence-electron chi connectivity index (χ3n) is 4.13. The Labute approximate surface area is 167 Å². The largest absolute Gasteiger partial charge is 0.465 e. The van der Waals surface area contributed by atoms with Crippen LogP contribution in [0, 0.1) is 0 Å². The van der Waals surface area contributed by atoms with E-state index in [1.807, 2.05) is 6.07 Å². The lowest BCUT2D eigenvalue weighted by Gasteiger charge is -2.09. The van der Waals surface area contributed by atoms with Crippen molar-refractivity contribution in [1.29, 1.82) is 0 Å². The van der Waals surface area contributed by atoms with E-state index < -0.39 is 5.97 Å².